The maximum atomic E-state index is 12.2. The van der Waals surface area contributed by atoms with Crippen LogP contribution in [0.1, 0.15) is 34.4 Å². The van der Waals surface area contributed by atoms with Gasteiger partial charge in [0.05, 0.1) is 6.10 Å². The minimum absolute atomic E-state index is 0.198. The number of benzene rings is 1. The van der Waals surface area contributed by atoms with Gasteiger partial charge in [-0.2, -0.15) is 0 Å². The third kappa shape index (κ3) is 5.73. The van der Waals surface area contributed by atoms with Crippen LogP contribution in [0.4, 0.5) is 0 Å². The lowest BCUT2D eigenvalue weighted by Gasteiger charge is -2.19. The van der Waals surface area contributed by atoms with Gasteiger partial charge >= 0.3 is 0 Å². The highest BCUT2D eigenvalue weighted by Crippen LogP contribution is 2.06. The molecule has 2 amide bonds. The second-order valence-corrected chi connectivity index (χ2v) is 5.67. The average Bonchev–Trinajstić information content (AvgIpc) is 3.17. The van der Waals surface area contributed by atoms with Gasteiger partial charge in [0.2, 0.25) is 0 Å². The van der Waals surface area contributed by atoms with Crippen LogP contribution in [0.5, 0.6) is 0 Å². The normalized spacial score (nSPS) is 11.9. The maximum Gasteiger partial charge on any atom is 0.268 e. The van der Waals surface area contributed by atoms with E-state index in [1.54, 1.807) is 24.3 Å². The molecule has 144 valence electrons. The number of carbonyl (C=O) groups is 2. The van der Waals surface area contributed by atoms with Gasteiger partial charge in [-0.25, -0.2) is 5.48 Å². The van der Waals surface area contributed by atoms with Crippen molar-refractivity contribution >= 4 is 11.8 Å². The number of aliphatic hydroxyl groups is 2. The molecular weight excluding hydrogens is 364 g/mol. The van der Waals surface area contributed by atoms with Crippen molar-refractivity contribution in [2.24, 2.45) is 0 Å². The number of carbonyl (C=O) groups excluding carboxylic acids is 2. The van der Waals surface area contributed by atoms with Gasteiger partial charge in [0.1, 0.15) is 18.4 Å². The predicted molar refractivity (Wildman–Crippen MR) is 97.7 cm³/mol. The lowest BCUT2D eigenvalue weighted by Crippen LogP contribution is -2.51. The van der Waals surface area contributed by atoms with Crippen LogP contribution < -0.4 is 10.8 Å². The van der Waals surface area contributed by atoms with Crippen LogP contribution in [0.3, 0.4) is 0 Å². The van der Waals surface area contributed by atoms with E-state index < -0.39 is 24.0 Å². The lowest BCUT2D eigenvalue weighted by atomic mass is 10.1. The third-order valence-corrected chi connectivity index (χ3v) is 3.58. The molecule has 0 spiro atoms. The summed E-state index contributed by atoms with van der Waals surface area (Å²) in [5, 5.41) is 29.4. The summed E-state index contributed by atoms with van der Waals surface area (Å²) in [6.45, 7) is 1.11. The molecule has 1 heterocycles. The Bertz CT molecular complexity index is 954. The third-order valence-electron chi connectivity index (χ3n) is 3.58. The molecule has 28 heavy (non-hydrogen) atoms. The number of hydrogen-bond acceptors (Lipinski definition) is 6. The molecule has 0 fully saturated rings. The first-order chi connectivity index (χ1) is 13.4. The van der Waals surface area contributed by atoms with Gasteiger partial charge in [-0.1, -0.05) is 5.92 Å². The van der Waals surface area contributed by atoms with Crippen LogP contribution in [0, 0.1) is 23.7 Å². The molecule has 2 unspecified atom stereocenters. The van der Waals surface area contributed by atoms with E-state index in [1.165, 1.54) is 24.5 Å². The Balaban J connectivity index is 2.01. The summed E-state index contributed by atoms with van der Waals surface area (Å²) < 4.78 is 5.20. The SMILES string of the molecule is CC(O)C(NC(=O)c1ccc(C#CC#Cc2ccc(CO)o2)cc1)C(=O)NO. The fourth-order valence-corrected chi connectivity index (χ4v) is 2.13. The molecule has 1 aromatic heterocycles. The van der Waals surface area contributed by atoms with Crippen molar-refractivity contribution in [2.45, 2.75) is 25.7 Å². The maximum absolute atomic E-state index is 12.2. The zero-order chi connectivity index (χ0) is 20.5. The number of hydrogen-bond donors (Lipinski definition) is 5. The quantitative estimate of drug-likeness (QED) is 0.284. The molecule has 0 radical (unpaired) electrons. The lowest BCUT2D eigenvalue weighted by molar-refractivity contribution is -0.133. The molecule has 0 aliphatic rings. The molecule has 5 N–H and O–H groups in total. The molecular formula is C20H18N2O6. The first-order valence-corrected chi connectivity index (χ1v) is 8.19. The molecule has 0 saturated carbocycles. The van der Waals surface area contributed by atoms with Crippen molar-refractivity contribution in [1.29, 1.82) is 0 Å². The summed E-state index contributed by atoms with van der Waals surface area (Å²) in [5.74, 6) is 10.1. The van der Waals surface area contributed by atoms with E-state index in [2.05, 4.69) is 29.0 Å². The average molecular weight is 382 g/mol. The van der Waals surface area contributed by atoms with Crippen molar-refractivity contribution in [3.63, 3.8) is 0 Å². The second-order valence-electron chi connectivity index (χ2n) is 5.67. The number of amides is 2. The Labute approximate surface area is 161 Å². The molecule has 2 rings (SSSR count). The van der Waals surface area contributed by atoms with E-state index in [0.29, 0.717) is 17.1 Å². The van der Waals surface area contributed by atoms with Crippen LogP contribution >= 0.6 is 0 Å². The monoisotopic (exact) mass is 382 g/mol. The van der Waals surface area contributed by atoms with Crippen molar-refractivity contribution in [3.8, 4) is 23.7 Å². The Morgan fingerprint density at radius 3 is 2.36 bits per heavy atom. The molecule has 1 aromatic carbocycles. The van der Waals surface area contributed by atoms with Crippen LogP contribution in [-0.2, 0) is 11.4 Å². The van der Waals surface area contributed by atoms with Crippen LogP contribution in [0.15, 0.2) is 40.8 Å². The van der Waals surface area contributed by atoms with Crippen LogP contribution in [0.2, 0.25) is 0 Å². The Morgan fingerprint density at radius 1 is 1.11 bits per heavy atom. The second kappa shape index (κ2) is 9.95. The molecule has 0 bridgehead atoms. The minimum Gasteiger partial charge on any atom is -0.450 e. The number of nitrogens with one attached hydrogen (secondary N) is 2. The fraction of sp³-hybridized carbons (Fsp3) is 0.200. The van der Waals surface area contributed by atoms with E-state index in [4.69, 9.17) is 14.7 Å². The van der Waals surface area contributed by atoms with Gasteiger partial charge in [0, 0.05) is 11.1 Å². The van der Waals surface area contributed by atoms with Crippen molar-refractivity contribution in [3.05, 3.63) is 59.0 Å². The first kappa shape index (κ1) is 20.7. The van der Waals surface area contributed by atoms with E-state index >= 15 is 0 Å². The first-order valence-electron chi connectivity index (χ1n) is 8.19. The molecule has 0 aliphatic heterocycles. The molecule has 0 saturated heterocycles. The van der Waals surface area contributed by atoms with Crippen molar-refractivity contribution < 1.29 is 29.4 Å². The highest BCUT2D eigenvalue weighted by atomic mass is 16.5. The number of aliphatic hydroxyl groups excluding tert-OH is 2. The van der Waals surface area contributed by atoms with Gasteiger partial charge in [0.25, 0.3) is 11.8 Å². The Kier molecular flexibility index (Phi) is 7.37. The molecule has 8 nitrogen and oxygen atoms in total. The van der Waals surface area contributed by atoms with Gasteiger partial charge in [-0.05, 0) is 61.1 Å². The fourth-order valence-electron chi connectivity index (χ4n) is 2.13. The summed E-state index contributed by atoms with van der Waals surface area (Å²) in [6.07, 6.45) is -1.19. The molecule has 8 heteroatoms. The van der Waals surface area contributed by atoms with E-state index in [9.17, 15) is 14.7 Å². The predicted octanol–water partition coefficient (Wildman–Crippen LogP) is 0.160. The van der Waals surface area contributed by atoms with Gasteiger partial charge in [0.15, 0.2) is 5.76 Å². The summed E-state index contributed by atoms with van der Waals surface area (Å²) in [7, 11) is 0. The topological polar surface area (TPSA) is 132 Å². The van der Waals surface area contributed by atoms with Crippen LogP contribution in [-0.4, -0.2) is 39.4 Å². The Hall–Kier alpha value is -3.56. The largest absolute Gasteiger partial charge is 0.450 e. The molecule has 2 aromatic rings. The summed E-state index contributed by atoms with van der Waals surface area (Å²) in [6, 6.07) is 8.16. The summed E-state index contributed by atoms with van der Waals surface area (Å²) in [4.78, 5) is 23.6. The van der Waals surface area contributed by atoms with E-state index in [-0.39, 0.29) is 12.2 Å². The standard InChI is InChI=1S/C20H18N2O6/c1-13(24)18(20(26)22-27)21-19(25)15-8-6-14(7-9-15)4-2-3-5-16-10-11-17(12-23)28-16/h6-11,13,18,23-24,27H,12H2,1H3,(H,21,25)(H,22,26). The van der Waals surface area contributed by atoms with E-state index in [0.717, 1.165) is 0 Å². The number of rotatable bonds is 5. The number of hydroxylamine groups is 1. The smallest absolute Gasteiger partial charge is 0.268 e. The van der Waals surface area contributed by atoms with Gasteiger partial charge in [-0.3, -0.25) is 14.8 Å². The van der Waals surface area contributed by atoms with Crippen molar-refractivity contribution in [2.75, 3.05) is 0 Å². The minimum atomic E-state index is -1.29. The van der Waals surface area contributed by atoms with Crippen molar-refractivity contribution in [1.82, 2.24) is 10.8 Å². The summed E-state index contributed by atoms with van der Waals surface area (Å²) >= 11 is 0. The molecule has 2 atom stereocenters. The molecule has 0 aliphatic carbocycles. The highest BCUT2D eigenvalue weighted by Gasteiger charge is 2.25. The zero-order valence-corrected chi connectivity index (χ0v) is 14.9. The Morgan fingerprint density at radius 2 is 1.79 bits per heavy atom. The summed E-state index contributed by atoms with van der Waals surface area (Å²) in [5.41, 5.74) is 2.26. The highest BCUT2D eigenvalue weighted by molar-refractivity contribution is 5.97. The van der Waals surface area contributed by atoms with Gasteiger partial charge in [-0.15, -0.1) is 0 Å². The van der Waals surface area contributed by atoms with Gasteiger partial charge < -0.3 is 19.9 Å². The van der Waals surface area contributed by atoms with E-state index in [1.807, 2.05) is 0 Å². The van der Waals surface area contributed by atoms with Crippen LogP contribution in [0.25, 0.3) is 0 Å². The zero-order valence-electron chi connectivity index (χ0n) is 14.9. The number of furan rings is 1.